The highest BCUT2D eigenvalue weighted by atomic mass is 127. The molecular weight excluding hydrogens is 493 g/mol. The van der Waals surface area contributed by atoms with Crippen LogP contribution in [0.1, 0.15) is 17.8 Å². The van der Waals surface area contributed by atoms with Gasteiger partial charge in [0.25, 0.3) is 0 Å². The zero-order valence-electron chi connectivity index (χ0n) is 18.4. The second-order valence-corrected chi connectivity index (χ2v) is 7.13. The van der Waals surface area contributed by atoms with E-state index < -0.39 is 0 Å². The van der Waals surface area contributed by atoms with Gasteiger partial charge in [0, 0.05) is 62.8 Å². The molecule has 0 saturated heterocycles. The minimum Gasteiger partial charge on any atom is -0.497 e. The first-order valence-electron chi connectivity index (χ1n) is 9.81. The zero-order chi connectivity index (χ0) is 20.8. The van der Waals surface area contributed by atoms with Gasteiger partial charge >= 0.3 is 0 Å². The monoisotopic (exact) mass is 525 g/mol. The summed E-state index contributed by atoms with van der Waals surface area (Å²) in [5.41, 5.74) is 3.46. The van der Waals surface area contributed by atoms with E-state index in [0.717, 1.165) is 54.3 Å². The first-order chi connectivity index (χ1) is 14.0. The van der Waals surface area contributed by atoms with Crippen molar-refractivity contribution in [2.45, 2.75) is 19.4 Å². The molecule has 1 aromatic carbocycles. The standard InChI is InChI=1S/C22H31N5O2.HI/c1-23-22(27(3)15-17-9-7-11-26(17)2)24-10-6-8-16-12-19-20(25-16)13-18(28-4)14-21(19)29-5;/h7,9,11-14,25H,6,8,10,15H2,1-5H3,(H,23,24);1H. The third-order valence-electron chi connectivity index (χ3n) is 5.11. The molecule has 2 N–H and O–H groups in total. The molecule has 0 aliphatic heterocycles. The minimum atomic E-state index is 0. The number of nitrogens with zero attached hydrogens (tertiary/aromatic N) is 3. The first kappa shape index (κ1) is 23.9. The Kier molecular flexibility index (Phi) is 8.88. The van der Waals surface area contributed by atoms with Gasteiger partial charge in [0.2, 0.25) is 0 Å². The fraction of sp³-hybridized carbons (Fsp3) is 0.409. The van der Waals surface area contributed by atoms with Crippen LogP contribution in [0.15, 0.2) is 41.5 Å². The van der Waals surface area contributed by atoms with Gasteiger partial charge in [-0.25, -0.2) is 0 Å². The summed E-state index contributed by atoms with van der Waals surface area (Å²) in [5.74, 6) is 2.51. The molecule has 7 nitrogen and oxygen atoms in total. The second kappa shape index (κ2) is 11.1. The molecular formula is C22H32IN5O2. The normalized spacial score (nSPS) is 11.3. The number of benzene rings is 1. The number of hydrogen-bond acceptors (Lipinski definition) is 3. The molecule has 3 rings (SSSR count). The number of aromatic nitrogens is 2. The van der Waals surface area contributed by atoms with E-state index in [4.69, 9.17) is 9.47 Å². The molecule has 0 aliphatic rings. The number of H-pyrrole nitrogens is 1. The maximum Gasteiger partial charge on any atom is 0.193 e. The van der Waals surface area contributed by atoms with Gasteiger partial charge in [0.15, 0.2) is 5.96 Å². The molecule has 164 valence electrons. The molecule has 2 heterocycles. The lowest BCUT2D eigenvalue weighted by Gasteiger charge is -2.22. The molecule has 0 atom stereocenters. The summed E-state index contributed by atoms with van der Waals surface area (Å²) >= 11 is 0. The van der Waals surface area contributed by atoms with E-state index >= 15 is 0 Å². The maximum atomic E-state index is 5.50. The van der Waals surface area contributed by atoms with Crippen molar-refractivity contribution in [1.82, 2.24) is 19.8 Å². The summed E-state index contributed by atoms with van der Waals surface area (Å²) < 4.78 is 13.0. The SMILES string of the molecule is CN=C(NCCCc1cc2c(OC)cc(OC)cc2[nH]1)N(C)Cc1cccn1C.I. The number of rotatable bonds is 8. The molecule has 0 aliphatic carbocycles. The number of halogens is 1. The average Bonchev–Trinajstić information content (AvgIpc) is 3.32. The number of fused-ring (bicyclic) bond motifs is 1. The summed E-state index contributed by atoms with van der Waals surface area (Å²) in [6, 6.07) is 10.3. The van der Waals surface area contributed by atoms with Crippen molar-refractivity contribution >= 4 is 40.8 Å². The molecule has 0 amide bonds. The van der Waals surface area contributed by atoms with E-state index in [2.05, 4.69) is 63.3 Å². The quantitative estimate of drug-likeness (QED) is 0.203. The van der Waals surface area contributed by atoms with Crippen LogP contribution in [0.4, 0.5) is 0 Å². The van der Waals surface area contributed by atoms with Gasteiger partial charge in [-0.15, -0.1) is 24.0 Å². The van der Waals surface area contributed by atoms with Gasteiger partial charge in [-0.3, -0.25) is 4.99 Å². The summed E-state index contributed by atoms with van der Waals surface area (Å²) in [6.07, 6.45) is 3.99. The van der Waals surface area contributed by atoms with Gasteiger partial charge in [-0.1, -0.05) is 0 Å². The molecule has 30 heavy (non-hydrogen) atoms. The molecule has 0 unspecified atom stereocenters. The molecule has 0 bridgehead atoms. The van der Waals surface area contributed by atoms with Crippen LogP contribution in [0.25, 0.3) is 10.9 Å². The van der Waals surface area contributed by atoms with E-state index in [0.29, 0.717) is 0 Å². The van der Waals surface area contributed by atoms with Crippen LogP contribution in [-0.4, -0.2) is 55.3 Å². The Labute approximate surface area is 195 Å². The third kappa shape index (κ3) is 5.62. The van der Waals surface area contributed by atoms with Crippen molar-refractivity contribution in [3.63, 3.8) is 0 Å². The summed E-state index contributed by atoms with van der Waals surface area (Å²) in [6.45, 7) is 1.66. The van der Waals surface area contributed by atoms with Crippen LogP contribution in [0.5, 0.6) is 11.5 Å². The smallest absolute Gasteiger partial charge is 0.193 e. The minimum absolute atomic E-state index is 0. The van der Waals surface area contributed by atoms with E-state index in [9.17, 15) is 0 Å². The summed E-state index contributed by atoms with van der Waals surface area (Å²) in [4.78, 5) is 10.0. The lowest BCUT2D eigenvalue weighted by Crippen LogP contribution is -2.39. The largest absolute Gasteiger partial charge is 0.497 e. The van der Waals surface area contributed by atoms with E-state index in [1.807, 2.05) is 19.2 Å². The fourth-order valence-electron chi connectivity index (χ4n) is 3.50. The third-order valence-corrected chi connectivity index (χ3v) is 5.11. The van der Waals surface area contributed by atoms with Crippen LogP contribution >= 0.6 is 24.0 Å². The highest BCUT2D eigenvalue weighted by Gasteiger charge is 2.10. The van der Waals surface area contributed by atoms with Crippen molar-refractivity contribution in [3.05, 3.63) is 47.9 Å². The van der Waals surface area contributed by atoms with Crippen molar-refractivity contribution in [2.24, 2.45) is 12.0 Å². The molecule has 0 saturated carbocycles. The molecule has 0 radical (unpaired) electrons. The van der Waals surface area contributed by atoms with Crippen LogP contribution in [0, 0.1) is 0 Å². The Hall–Kier alpha value is -2.36. The number of guanidine groups is 1. The molecule has 2 aromatic heterocycles. The second-order valence-electron chi connectivity index (χ2n) is 7.13. The van der Waals surface area contributed by atoms with Gasteiger partial charge in [0.05, 0.1) is 26.3 Å². The van der Waals surface area contributed by atoms with E-state index in [1.54, 1.807) is 14.2 Å². The number of aryl methyl sites for hydroxylation is 2. The number of aromatic amines is 1. The Morgan fingerprint density at radius 2 is 2.03 bits per heavy atom. The lowest BCUT2D eigenvalue weighted by atomic mass is 10.2. The predicted molar refractivity (Wildman–Crippen MR) is 133 cm³/mol. The van der Waals surface area contributed by atoms with E-state index in [-0.39, 0.29) is 24.0 Å². The van der Waals surface area contributed by atoms with Gasteiger partial charge in [0.1, 0.15) is 11.5 Å². The highest BCUT2D eigenvalue weighted by Crippen LogP contribution is 2.31. The number of nitrogens with one attached hydrogen (secondary N) is 2. The number of aliphatic imine (C=N–C) groups is 1. The Bertz CT molecular complexity index is 979. The van der Waals surface area contributed by atoms with Crippen LogP contribution in [-0.2, 0) is 20.0 Å². The summed E-state index contributed by atoms with van der Waals surface area (Å²) in [7, 11) is 9.28. The van der Waals surface area contributed by atoms with Gasteiger partial charge in [-0.2, -0.15) is 0 Å². The number of ether oxygens (including phenoxy) is 2. The Morgan fingerprint density at radius 1 is 1.23 bits per heavy atom. The van der Waals surface area contributed by atoms with Crippen molar-refractivity contribution in [3.8, 4) is 11.5 Å². The van der Waals surface area contributed by atoms with Crippen LogP contribution < -0.4 is 14.8 Å². The zero-order valence-corrected chi connectivity index (χ0v) is 20.7. The highest BCUT2D eigenvalue weighted by molar-refractivity contribution is 14.0. The molecule has 3 aromatic rings. The van der Waals surface area contributed by atoms with E-state index in [1.165, 1.54) is 11.4 Å². The van der Waals surface area contributed by atoms with Gasteiger partial charge in [-0.05, 0) is 31.0 Å². The Balaban J connectivity index is 0.00000320. The summed E-state index contributed by atoms with van der Waals surface area (Å²) in [5, 5.41) is 4.53. The molecule has 0 fully saturated rings. The van der Waals surface area contributed by atoms with Crippen LogP contribution in [0.3, 0.4) is 0 Å². The fourth-order valence-corrected chi connectivity index (χ4v) is 3.50. The average molecular weight is 525 g/mol. The van der Waals surface area contributed by atoms with Crippen LogP contribution in [0.2, 0.25) is 0 Å². The predicted octanol–water partition coefficient (Wildman–Crippen LogP) is 3.78. The van der Waals surface area contributed by atoms with Crippen molar-refractivity contribution < 1.29 is 9.47 Å². The van der Waals surface area contributed by atoms with Crippen molar-refractivity contribution in [2.75, 3.05) is 34.9 Å². The molecule has 8 heteroatoms. The maximum absolute atomic E-state index is 5.50. The van der Waals surface area contributed by atoms with Crippen molar-refractivity contribution in [1.29, 1.82) is 0 Å². The topological polar surface area (TPSA) is 66.8 Å². The van der Waals surface area contributed by atoms with Gasteiger partial charge < -0.3 is 29.2 Å². The number of hydrogen-bond donors (Lipinski definition) is 2. The Morgan fingerprint density at radius 3 is 2.67 bits per heavy atom. The first-order valence-corrected chi connectivity index (χ1v) is 9.81. The lowest BCUT2D eigenvalue weighted by molar-refractivity contribution is 0.398. The molecule has 0 spiro atoms. The number of methoxy groups -OCH3 is 2.